The molecule has 0 atom stereocenters. The number of anilines is 1. The number of hydrazone groups is 1. The highest BCUT2D eigenvalue weighted by Crippen LogP contribution is 2.27. The number of aromatic nitrogens is 4. The zero-order valence-electron chi connectivity index (χ0n) is 17.7. The van der Waals surface area contributed by atoms with Gasteiger partial charge in [0.15, 0.2) is 5.65 Å². The minimum atomic E-state index is 0.105. The third-order valence-corrected chi connectivity index (χ3v) is 5.21. The van der Waals surface area contributed by atoms with Crippen LogP contribution in [0.5, 0.6) is 11.5 Å². The Labute approximate surface area is 180 Å². The molecule has 2 aromatic carbocycles. The van der Waals surface area contributed by atoms with Gasteiger partial charge in [0.2, 0.25) is 0 Å². The molecule has 160 valence electrons. The molecule has 0 bridgehead atoms. The fourth-order valence-electron chi connectivity index (χ4n) is 3.60. The molecule has 8 heteroatoms. The number of fused-ring (bicyclic) bond motifs is 3. The van der Waals surface area contributed by atoms with Crippen molar-refractivity contribution < 1.29 is 9.84 Å². The molecule has 2 N–H and O–H groups in total. The first-order chi connectivity index (χ1) is 15.2. The van der Waals surface area contributed by atoms with Gasteiger partial charge in [-0.1, -0.05) is 44.4 Å². The molecule has 0 aliphatic carbocycles. The molecule has 0 amide bonds. The standard InChI is InChI=1S/C23H26N6O2/c1-3-4-5-8-13-29-19-10-7-6-9-18(19)21-22(29)25-23(28-26-21)27-24-15-16-14-17(31-2)11-12-20(16)30/h6-7,9-12,14-15,30H,3-5,8,13H2,1-2H3,(H,25,27,28)/b24-15+. The third kappa shape index (κ3) is 4.42. The summed E-state index contributed by atoms with van der Waals surface area (Å²) in [7, 11) is 1.57. The predicted molar refractivity (Wildman–Crippen MR) is 123 cm³/mol. The van der Waals surface area contributed by atoms with Crippen molar-refractivity contribution >= 4 is 34.2 Å². The second-order valence-electron chi connectivity index (χ2n) is 7.33. The van der Waals surface area contributed by atoms with E-state index in [0.717, 1.165) is 35.0 Å². The monoisotopic (exact) mass is 418 g/mol. The molecule has 0 spiro atoms. The molecule has 0 aliphatic heterocycles. The van der Waals surface area contributed by atoms with Gasteiger partial charge >= 0.3 is 0 Å². The molecule has 0 saturated heterocycles. The summed E-state index contributed by atoms with van der Waals surface area (Å²) >= 11 is 0. The Morgan fingerprint density at radius 2 is 2.00 bits per heavy atom. The first-order valence-corrected chi connectivity index (χ1v) is 10.5. The topological polar surface area (TPSA) is 97.5 Å². The van der Waals surface area contributed by atoms with Gasteiger partial charge < -0.3 is 14.4 Å². The molecule has 0 unspecified atom stereocenters. The van der Waals surface area contributed by atoms with Crippen LogP contribution in [0, 0.1) is 0 Å². The molecule has 0 saturated carbocycles. The van der Waals surface area contributed by atoms with Crippen molar-refractivity contribution in [1.82, 2.24) is 19.7 Å². The van der Waals surface area contributed by atoms with Crippen LogP contribution in [0.4, 0.5) is 5.95 Å². The number of methoxy groups -OCH3 is 1. The average molecular weight is 419 g/mol. The summed E-state index contributed by atoms with van der Waals surface area (Å²) in [5.74, 6) is 1.03. The van der Waals surface area contributed by atoms with Gasteiger partial charge in [-0.25, -0.2) is 5.43 Å². The van der Waals surface area contributed by atoms with Gasteiger partial charge in [0.1, 0.15) is 17.0 Å². The van der Waals surface area contributed by atoms with Crippen molar-refractivity contribution in [2.24, 2.45) is 5.10 Å². The van der Waals surface area contributed by atoms with Crippen molar-refractivity contribution in [3.63, 3.8) is 0 Å². The number of hydrogen-bond donors (Lipinski definition) is 2. The SMILES string of the molecule is CCCCCCn1c2ccccc2c2nnc(N/N=C/c3cc(OC)ccc3O)nc21. The molecule has 0 fully saturated rings. The first kappa shape index (κ1) is 20.6. The number of phenolic OH excluding ortho intramolecular Hbond substituents is 1. The molecule has 2 heterocycles. The number of benzene rings is 2. The van der Waals surface area contributed by atoms with Crippen LogP contribution in [0.15, 0.2) is 47.6 Å². The van der Waals surface area contributed by atoms with Crippen LogP contribution >= 0.6 is 0 Å². The Kier molecular flexibility index (Phi) is 6.26. The molecule has 0 radical (unpaired) electrons. The Bertz CT molecular complexity index is 1220. The molecule has 2 aromatic heterocycles. The predicted octanol–water partition coefficient (Wildman–Crippen LogP) is 4.72. The lowest BCUT2D eigenvalue weighted by Crippen LogP contribution is -2.03. The Balaban J connectivity index is 1.61. The van der Waals surface area contributed by atoms with E-state index < -0.39 is 0 Å². The second-order valence-corrected chi connectivity index (χ2v) is 7.33. The van der Waals surface area contributed by atoms with Crippen molar-refractivity contribution in [3.05, 3.63) is 48.0 Å². The van der Waals surface area contributed by atoms with E-state index >= 15 is 0 Å². The van der Waals surface area contributed by atoms with E-state index in [1.54, 1.807) is 25.3 Å². The molecule has 8 nitrogen and oxygen atoms in total. The van der Waals surface area contributed by atoms with Gasteiger partial charge in [0.05, 0.1) is 18.8 Å². The van der Waals surface area contributed by atoms with Crippen LogP contribution in [0.1, 0.15) is 38.2 Å². The van der Waals surface area contributed by atoms with Gasteiger partial charge in [-0.3, -0.25) is 0 Å². The van der Waals surface area contributed by atoms with Crippen molar-refractivity contribution in [2.45, 2.75) is 39.2 Å². The number of aryl methyl sites for hydroxylation is 1. The quantitative estimate of drug-likeness (QED) is 0.232. The van der Waals surface area contributed by atoms with Crippen LogP contribution in [0.25, 0.3) is 22.1 Å². The molecule has 4 rings (SSSR count). The van der Waals surface area contributed by atoms with Crippen molar-refractivity contribution in [2.75, 3.05) is 12.5 Å². The highest BCUT2D eigenvalue weighted by atomic mass is 16.5. The summed E-state index contributed by atoms with van der Waals surface area (Å²) in [6.45, 7) is 3.09. The summed E-state index contributed by atoms with van der Waals surface area (Å²) in [5.41, 5.74) is 6.02. The average Bonchev–Trinajstić information content (AvgIpc) is 3.11. The number of unbranched alkanes of at least 4 members (excludes halogenated alkanes) is 3. The second kappa shape index (κ2) is 9.42. The number of rotatable bonds is 9. The van der Waals surface area contributed by atoms with Gasteiger partial charge in [0.25, 0.3) is 5.95 Å². The summed E-state index contributed by atoms with van der Waals surface area (Å²) in [6.07, 6.45) is 6.19. The number of ether oxygens (including phenoxy) is 1. The van der Waals surface area contributed by atoms with E-state index in [9.17, 15) is 5.11 Å². The maximum atomic E-state index is 9.99. The van der Waals surface area contributed by atoms with Crippen molar-refractivity contribution in [3.8, 4) is 11.5 Å². The minimum Gasteiger partial charge on any atom is -0.507 e. The highest BCUT2D eigenvalue weighted by Gasteiger charge is 2.14. The molecule has 31 heavy (non-hydrogen) atoms. The summed E-state index contributed by atoms with van der Waals surface area (Å²) in [5, 5.41) is 23.8. The number of para-hydroxylation sites is 1. The summed E-state index contributed by atoms with van der Waals surface area (Å²) < 4.78 is 7.39. The van der Waals surface area contributed by atoms with Crippen LogP contribution in [-0.2, 0) is 6.54 Å². The lowest BCUT2D eigenvalue weighted by atomic mass is 10.2. The molecular formula is C23H26N6O2. The molecule has 0 aliphatic rings. The molecule has 4 aromatic rings. The van der Waals surface area contributed by atoms with E-state index in [2.05, 4.69) is 43.3 Å². The Morgan fingerprint density at radius 1 is 1.13 bits per heavy atom. The lowest BCUT2D eigenvalue weighted by Gasteiger charge is -2.06. The van der Waals surface area contributed by atoms with Gasteiger partial charge in [0, 0.05) is 17.5 Å². The zero-order chi connectivity index (χ0) is 21.6. The largest absolute Gasteiger partial charge is 0.507 e. The van der Waals surface area contributed by atoms with E-state index in [4.69, 9.17) is 4.74 Å². The van der Waals surface area contributed by atoms with Gasteiger partial charge in [-0.15, -0.1) is 10.2 Å². The van der Waals surface area contributed by atoms with Crippen LogP contribution < -0.4 is 10.2 Å². The first-order valence-electron chi connectivity index (χ1n) is 10.5. The van der Waals surface area contributed by atoms with E-state index in [-0.39, 0.29) is 5.75 Å². The number of phenols is 1. The van der Waals surface area contributed by atoms with E-state index in [1.807, 2.05) is 18.2 Å². The van der Waals surface area contributed by atoms with Crippen LogP contribution in [0.2, 0.25) is 0 Å². The van der Waals surface area contributed by atoms with Gasteiger partial charge in [-0.05, 0) is 30.7 Å². The summed E-state index contributed by atoms with van der Waals surface area (Å²) in [6, 6.07) is 13.1. The number of aromatic hydroxyl groups is 1. The zero-order valence-corrected chi connectivity index (χ0v) is 17.7. The normalized spacial score (nSPS) is 11.5. The van der Waals surface area contributed by atoms with E-state index in [0.29, 0.717) is 17.3 Å². The van der Waals surface area contributed by atoms with Crippen molar-refractivity contribution in [1.29, 1.82) is 0 Å². The number of nitrogens with zero attached hydrogens (tertiary/aromatic N) is 5. The van der Waals surface area contributed by atoms with Gasteiger partial charge in [-0.2, -0.15) is 10.1 Å². The third-order valence-electron chi connectivity index (χ3n) is 5.21. The van der Waals surface area contributed by atoms with Crippen LogP contribution in [0.3, 0.4) is 0 Å². The minimum absolute atomic E-state index is 0.105. The maximum Gasteiger partial charge on any atom is 0.265 e. The molecular weight excluding hydrogens is 392 g/mol. The lowest BCUT2D eigenvalue weighted by molar-refractivity contribution is 0.412. The maximum absolute atomic E-state index is 9.99. The Hall–Kier alpha value is -3.68. The Morgan fingerprint density at radius 3 is 2.84 bits per heavy atom. The number of hydrogen-bond acceptors (Lipinski definition) is 7. The smallest absolute Gasteiger partial charge is 0.265 e. The van der Waals surface area contributed by atoms with E-state index in [1.165, 1.54) is 25.5 Å². The fourth-order valence-corrected chi connectivity index (χ4v) is 3.60. The highest BCUT2D eigenvalue weighted by molar-refractivity contribution is 6.04. The fraction of sp³-hybridized carbons (Fsp3) is 0.304. The summed E-state index contributed by atoms with van der Waals surface area (Å²) in [4.78, 5) is 4.68. The number of nitrogens with one attached hydrogen (secondary N) is 1. The van der Waals surface area contributed by atoms with Crippen LogP contribution in [-0.4, -0.2) is 38.2 Å².